The van der Waals surface area contributed by atoms with Crippen molar-refractivity contribution in [3.63, 3.8) is 0 Å². The van der Waals surface area contributed by atoms with Crippen LogP contribution < -0.4 is 0 Å². The van der Waals surface area contributed by atoms with Crippen molar-refractivity contribution in [1.29, 1.82) is 0 Å². The molecule has 1 aliphatic rings. The van der Waals surface area contributed by atoms with Gasteiger partial charge in [0.25, 0.3) is 0 Å². The lowest BCUT2D eigenvalue weighted by Gasteiger charge is -2.35. The van der Waals surface area contributed by atoms with Crippen molar-refractivity contribution >= 4 is 8.07 Å². The van der Waals surface area contributed by atoms with Crippen molar-refractivity contribution in [2.75, 3.05) is 20.0 Å². The van der Waals surface area contributed by atoms with E-state index < -0.39 is 14.2 Å². The summed E-state index contributed by atoms with van der Waals surface area (Å²) in [6.45, 7) is 14.9. The second-order valence-electron chi connectivity index (χ2n) is 7.97. The van der Waals surface area contributed by atoms with Gasteiger partial charge in [-0.3, -0.25) is 0 Å². The summed E-state index contributed by atoms with van der Waals surface area (Å²) in [4.78, 5) is 0. The van der Waals surface area contributed by atoms with Crippen LogP contribution in [0.1, 0.15) is 27.2 Å². The summed E-state index contributed by atoms with van der Waals surface area (Å²) < 4.78 is 17.3. The van der Waals surface area contributed by atoms with Crippen LogP contribution in [0.4, 0.5) is 0 Å². The van der Waals surface area contributed by atoms with E-state index in [1.165, 1.54) is 0 Å². The smallest absolute Gasteiger partial charge is 0.146 e. The lowest BCUT2D eigenvalue weighted by Crippen LogP contribution is -2.42. The molecule has 0 aliphatic carbocycles. The number of aliphatic hydroxyl groups excluding tert-OH is 1. The predicted octanol–water partition coefficient (Wildman–Crippen LogP) is 3.68. The first kappa shape index (κ1) is 20.8. The van der Waals surface area contributed by atoms with Crippen molar-refractivity contribution in [3.8, 4) is 0 Å². The molecule has 0 aromatic carbocycles. The zero-order chi connectivity index (χ0) is 17.5. The molecule has 0 bridgehead atoms. The van der Waals surface area contributed by atoms with Crippen LogP contribution in [0.15, 0.2) is 12.2 Å². The number of ether oxygens (including phenoxy) is 3. The average molecular weight is 345 g/mol. The highest BCUT2D eigenvalue weighted by atomic mass is 28.3. The van der Waals surface area contributed by atoms with Gasteiger partial charge in [0.05, 0.1) is 24.9 Å². The molecule has 0 saturated carbocycles. The van der Waals surface area contributed by atoms with Gasteiger partial charge in [-0.15, -0.1) is 0 Å². The minimum atomic E-state index is -1.03. The molecule has 23 heavy (non-hydrogen) atoms. The Kier molecular flexibility index (Phi) is 9.01. The monoisotopic (exact) mass is 344 g/mol. The maximum Gasteiger partial charge on any atom is 0.146 e. The lowest BCUT2D eigenvalue weighted by molar-refractivity contribution is -0.120. The predicted molar refractivity (Wildman–Crippen MR) is 97.4 cm³/mol. The molecule has 1 unspecified atom stereocenters. The molecule has 136 valence electrons. The van der Waals surface area contributed by atoms with Crippen molar-refractivity contribution in [1.82, 2.24) is 0 Å². The quantitative estimate of drug-likeness (QED) is 0.284. The van der Waals surface area contributed by atoms with Crippen LogP contribution >= 0.6 is 0 Å². The molecule has 0 radical (unpaired) electrons. The van der Waals surface area contributed by atoms with Crippen LogP contribution in [0.5, 0.6) is 0 Å². The van der Waals surface area contributed by atoms with Crippen LogP contribution in [0.3, 0.4) is 0 Å². The SMILES string of the molecule is CCC(O)[C@@H]1O[C@@H]([C@@H](C)COCOCC[Si](C)(C)C)C=C[C@@H]1C. The molecule has 0 aromatic heterocycles. The Hall–Kier alpha value is -0.203. The molecule has 1 heterocycles. The Morgan fingerprint density at radius 3 is 2.52 bits per heavy atom. The molecule has 0 saturated heterocycles. The van der Waals surface area contributed by atoms with Gasteiger partial charge in [0.1, 0.15) is 6.79 Å². The fourth-order valence-electron chi connectivity index (χ4n) is 2.57. The molecule has 1 N–H and O–H groups in total. The highest BCUT2D eigenvalue weighted by Crippen LogP contribution is 2.26. The Labute approximate surface area is 143 Å². The zero-order valence-electron chi connectivity index (χ0n) is 15.7. The number of hydrogen-bond acceptors (Lipinski definition) is 4. The first-order chi connectivity index (χ1) is 10.7. The molecule has 0 aromatic rings. The molecule has 5 atom stereocenters. The van der Waals surface area contributed by atoms with Crippen LogP contribution in [0.25, 0.3) is 0 Å². The van der Waals surface area contributed by atoms with E-state index in [4.69, 9.17) is 14.2 Å². The fraction of sp³-hybridized carbons (Fsp3) is 0.889. The summed E-state index contributed by atoms with van der Waals surface area (Å²) in [5.41, 5.74) is 0. The fourth-order valence-corrected chi connectivity index (χ4v) is 3.32. The average Bonchev–Trinajstić information content (AvgIpc) is 2.49. The van der Waals surface area contributed by atoms with Crippen LogP contribution in [-0.4, -0.2) is 51.5 Å². The van der Waals surface area contributed by atoms with Gasteiger partial charge in [-0.1, -0.05) is 52.6 Å². The topological polar surface area (TPSA) is 47.9 Å². The number of hydrogen-bond donors (Lipinski definition) is 1. The van der Waals surface area contributed by atoms with E-state index >= 15 is 0 Å². The van der Waals surface area contributed by atoms with E-state index in [-0.39, 0.29) is 24.0 Å². The number of rotatable bonds is 10. The maximum absolute atomic E-state index is 10.1. The summed E-state index contributed by atoms with van der Waals surface area (Å²) in [5, 5.41) is 10.1. The van der Waals surface area contributed by atoms with E-state index in [2.05, 4.69) is 45.6 Å². The summed E-state index contributed by atoms with van der Waals surface area (Å²) in [5.74, 6) is 0.491. The van der Waals surface area contributed by atoms with Gasteiger partial charge in [0.15, 0.2) is 0 Å². The molecule has 1 rings (SSSR count). The molecule has 1 aliphatic heterocycles. The van der Waals surface area contributed by atoms with Crippen molar-refractivity contribution in [2.45, 2.75) is 71.2 Å². The van der Waals surface area contributed by atoms with Crippen molar-refractivity contribution in [3.05, 3.63) is 12.2 Å². The third kappa shape index (κ3) is 7.94. The Bertz CT molecular complexity index is 353. The van der Waals surface area contributed by atoms with Gasteiger partial charge >= 0.3 is 0 Å². The molecule has 4 nitrogen and oxygen atoms in total. The van der Waals surface area contributed by atoms with Gasteiger partial charge in [-0.2, -0.15) is 0 Å². The molecule has 5 heteroatoms. The highest BCUT2D eigenvalue weighted by Gasteiger charge is 2.31. The van der Waals surface area contributed by atoms with E-state index in [0.717, 1.165) is 12.7 Å². The Morgan fingerprint density at radius 2 is 1.91 bits per heavy atom. The van der Waals surface area contributed by atoms with Gasteiger partial charge in [0.2, 0.25) is 0 Å². The first-order valence-electron chi connectivity index (χ1n) is 8.92. The molecular weight excluding hydrogens is 308 g/mol. The molecule has 0 amide bonds. The second kappa shape index (κ2) is 9.94. The third-order valence-electron chi connectivity index (χ3n) is 4.34. The summed E-state index contributed by atoms with van der Waals surface area (Å²) in [6, 6.07) is 1.16. The number of aliphatic hydroxyl groups is 1. The Morgan fingerprint density at radius 1 is 1.22 bits per heavy atom. The molecule has 0 spiro atoms. The van der Waals surface area contributed by atoms with Gasteiger partial charge in [0, 0.05) is 26.5 Å². The molecule has 0 fully saturated rings. The van der Waals surface area contributed by atoms with Crippen LogP contribution in [0, 0.1) is 11.8 Å². The largest absolute Gasteiger partial charge is 0.390 e. The highest BCUT2D eigenvalue weighted by molar-refractivity contribution is 6.76. The Balaban J connectivity index is 2.27. The minimum absolute atomic E-state index is 0.000572. The van der Waals surface area contributed by atoms with Gasteiger partial charge < -0.3 is 19.3 Å². The maximum atomic E-state index is 10.1. The second-order valence-corrected chi connectivity index (χ2v) is 13.6. The van der Waals surface area contributed by atoms with Crippen molar-refractivity contribution in [2.24, 2.45) is 11.8 Å². The normalized spacial score (nSPS) is 27.9. The van der Waals surface area contributed by atoms with Crippen LogP contribution in [0.2, 0.25) is 25.7 Å². The standard InChI is InChI=1S/C18H36O4Si/c1-7-16(19)18-14(2)8-9-17(22-18)15(3)12-21-13-20-10-11-23(4,5)6/h8-9,14-19H,7,10-13H2,1-6H3/t14-,15-,16?,17+,18+/m0/s1. The lowest BCUT2D eigenvalue weighted by atomic mass is 9.92. The van der Waals surface area contributed by atoms with E-state index in [9.17, 15) is 5.11 Å². The molecular formula is C18H36O4Si. The first-order valence-corrected chi connectivity index (χ1v) is 12.6. The summed E-state index contributed by atoms with van der Waals surface area (Å²) >= 11 is 0. The van der Waals surface area contributed by atoms with E-state index in [1.807, 2.05) is 6.92 Å². The minimum Gasteiger partial charge on any atom is -0.390 e. The summed E-state index contributed by atoms with van der Waals surface area (Å²) in [6.07, 6.45) is 4.44. The van der Waals surface area contributed by atoms with E-state index in [0.29, 0.717) is 19.8 Å². The third-order valence-corrected chi connectivity index (χ3v) is 6.04. The van der Waals surface area contributed by atoms with Gasteiger partial charge in [-0.05, 0) is 12.5 Å². The summed E-state index contributed by atoms with van der Waals surface area (Å²) in [7, 11) is -1.03. The zero-order valence-corrected chi connectivity index (χ0v) is 16.7. The van der Waals surface area contributed by atoms with Gasteiger partial charge in [-0.25, -0.2) is 0 Å². The van der Waals surface area contributed by atoms with Crippen LogP contribution in [-0.2, 0) is 14.2 Å². The van der Waals surface area contributed by atoms with Crippen molar-refractivity contribution < 1.29 is 19.3 Å². The van der Waals surface area contributed by atoms with E-state index in [1.54, 1.807) is 0 Å².